The summed E-state index contributed by atoms with van der Waals surface area (Å²) >= 11 is 0. The molecule has 0 amide bonds. The Morgan fingerprint density at radius 1 is 1.45 bits per heavy atom. The zero-order chi connectivity index (χ0) is 8.43. The third kappa shape index (κ3) is 2.48. The molecule has 66 valence electrons. The van der Waals surface area contributed by atoms with Crippen LogP contribution in [0.3, 0.4) is 0 Å². The summed E-state index contributed by atoms with van der Waals surface area (Å²) in [6.45, 7) is 6.78. The minimum Gasteiger partial charge on any atom is -0.327 e. The third-order valence-corrected chi connectivity index (χ3v) is 2.80. The normalized spacial score (nSPS) is 32.5. The third-order valence-electron chi connectivity index (χ3n) is 2.80. The van der Waals surface area contributed by atoms with E-state index in [0.717, 1.165) is 17.8 Å². The SMILES string of the molecule is CCC1CC1C(N)CC(C)C. The maximum absolute atomic E-state index is 6.05. The van der Waals surface area contributed by atoms with Crippen LogP contribution in [-0.4, -0.2) is 6.04 Å². The molecule has 3 atom stereocenters. The monoisotopic (exact) mass is 155 g/mol. The second-order valence-corrected chi connectivity index (χ2v) is 4.36. The van der Waals surface area contributed by atoms with Crippen LogP contribution in [0.25, 0.3) is 0 Å². The van der Waals surface area contributed by atoms with Crippen molar-refractivity contribution in [2.24, 2.45) is 23.5 Å². The average Bonchev–Trinajstić information content (AvgIpc) is 2.63. The van der Waals surface area contributed by atoms with Gasteiger partial charge in [0.1, 0.15) is 0 Å². The van der Waals surface area contributed by atoms with E-state index in [9.17, 15) is 0 Å². The second-order valence-electron chi connectivity index (χ2n) is 4.36. The lowest BCUT2D eigenvalue weighted by Crippen LogP contribution is -2.25. The van der Waals surface area contributed by atoms with Crippen molar-refractivity contribution < 1.29 is 0 Å². The molecule has 0 saturated heterocycles. The average molecular weight is 155 g/mol. The Hall–Kier alpha value is -0.0400. The molecular weight excluding hydrogens is 134 g/mol. The first-order valence-electron chi connectivity index (χ1n) is 4.90. The summed E-state index contributed by atoms with van der Waals surface area (Å²) in [4.78, 5) is 0. The van der Waals surface area contributed by atoms with Gasteiger partial charge in [0.2, 0.25) is 0 Å². The highest BCUT2D eigenvalue weighted by atomic mass is 14.7. The van der Waals surface area contributed by atoms with E-state index in [1.165, 1.54) is 19.3 Å². The van der Waals surface area contributed by atoms with Crippen molar-refractivity contribution in [2.75, 3.05) is 0 Å². The summed E-state index contributed by atoms with van der Waals surface area (Å²) in [6, 6.07) is 0.486. The summed E-state index contributed by atoms with van der Waals surface area (Å²) in [5.74, 6) is 2.59. The molecular formula is C10H21N. The number of hydrogen-bond acceptors (Lipinski definition) is 1. The first-order chi connectivity index (χ1) is 5.15. The molecule has 0 bridgehead atoms. The molecule has 1 heteroatoms. The Morgan fingerprint density at radius 2 is 2.09 bits per heavy atom. The molecule has 11 heavy (non-hydrogen) atoms. The summed E-state index contributed by atoms with van der Waals surface area (Å²) < 4.78 is 0. The van der Waals surface area contributed by atoms with Gasteiger partial charge in [0.15, 0.2) is 0 Å². The van der Waals surface area contributed by atoms with Crippen molar-refractivity contribution in [1.29, 1.82) is 0 Å². The number of rotatable bonds is 4. The van der Waals surface area contributed by atoms with E-state index in [1.807, 2.05) is 0 Å². The van der Waals surface area contributed by atoms with Crippen LogP contribution >= 0.6 is 0 Å². The minimum absolute atomic E-state index is 0.486. The Kier molecular flexibility index (Phi) is 2.94. The fraction of sp³-hybridized carbons (Fsp3) is 1.00. The van der Waals surface area contributed by atoms with Crippen LogP contribution in [0.5, 0.6) is 0 Å². The van der Waals surface area contributed by atoms with Gasteiger partial charge >= 0.3 is 0 Å². The van der Waals surface area contributed by atoms with Crippen LogP contribution in [0.4, 0.5) is 0 Å². The molecule has 1 aliphatic rings. The van der Waals surface area contributed by atoms with Crippen LogP contribution in [0.2, 0.25) is 0 Å². The van der Waals surface area contributed by atoms with E-state index in [1.54, 1.807) is 0 Å². The van der Waals surface area contributed by atoms with Crippen molar-refractivity contribution in [3.63, 3.8) is 0 Å². The van der Waals surface area contributed by atoms with Gasteiger partial charge in [0.05, 0.1) is 0 Å². The molecule has 0 aliphatic heterocycles. The van der Waals surface area contributed by atoms with Crippen LogP contribution in [0.1, 0.15) is 40.0 Å². The molecule has 0 heterocycles. The van der Waals surface area contributed by atoms with E-state index < -0.39 is 0 Å². The van der Waals surface area contributed by atoms with Gasteiger partial charge in [-0.05, 0) is 30.6 Å². The first-order valence-corrected chi connectivity index (χ1v) is 4.90. The molecule has 0 radical (unpaired) electrons. The van der Waals surface area contributed by atoms with Gasteiger partial charge in [-0.1, -0.05) is 27.2 Å². The number of hydrogen-bond donors (Lipinski definition) is 1. The molecule has 1 saturated carbocycles. The second kappa shape index (κ2) is 3.57. The Morgan fingerprint density at radius 3 is 2.45 bits per heavy atom. The summed E-state index contributed by atoms with van der Waals surface area (Å²) in [6.07, 6.45) is 3.93. The molecule has 0 aromatic heterocycles. The zero-order valence-electron chi connectivity index (χ0n) is 8.01. The van der Waals surface area contributed by atoms with E-state index in [4.69, 9.17) is 5.73 Å². The number of nitrogens with two attached hydrogens (primary N) is 1. The molecule has 0 aromatic carbocycles. The van der Waals surface area contributed by atoms with Crippen molar-refractivity contribution in [2.45, 2.75) is 46.1 Å². The Labute approximate surface area is 70.4 Å². The predicted octanol–water partition coefficient (Wildman–Crippen LogP) is 2.41. The van der Waals surface area contributed by atoms with Gasteiger partial charge in [-0.3, -0.25) is 0 Å². The van der Waals surface area contributed by atoms with Gasteiger partial charge in [-0.15, -0.1) is 0 Å². The molecule has 1 fully saturated rings. The lowest BCUT2D eigenvalue weighted by molar-refractivity contribution is 0.439. The molecule has 3 unspecified atom stereocenters. The molecule has 1 nitrogen and oxygen atoms in total. The lowest BCUT2D eigenvalue weighted by atomic mass is 9.99. The molecule has 1 aliphatic carbocycles. The van der Waals surface area contributed by atoms with Crippen LogP contribution in [-0.2, 0) is 0 Å². The van der Waals surface area contributed by atoms with E-state index in [-0.39, 0.29) is 0 Å². The van der Waals surface area contributed by atoms with Gasteiger partial charge in [0.25, 0.3) is 0 Å². The van der Waals surface area contributed by atoms with Gasteiger partial charge < -0.3 is 5.73 Å². The molecule has 0 aromatic rings. The zero-order valence-corrected chi connectivity index (χ0v) is 8.01. The van der Waals surface area contributed by atoms with Gasteiger partial charge in [0, 0.05) is 6.04 Å². The maximum atomic E-state index is 6.05. The van der Waals surface area contributed by atoms with Crippen LogP contribution in [0, 0.1) is 17.8 Å². The van der Waals surface area contributed by atoms with Crippen molar-refractivity contribution in [1.82, 2.24) is 0 Å². The highest BCUT2D eigenvalue weighted by Crippen LogP contribution is 2.44. The van der Waals surface area contributed by atoms with E-state index >= 15 is 0 Å². The predicted molar refractivity (Wildman–Crippen MR) is 49.3 cm³/mol. The fourth-order valence-corrected chi connectivity index (χ4v) is 1.98. The Bertz CT molecular complexity index is 120. The highest BCUT2D eigenvalue weighted by Gasteiger charge is 2.39. The smallest absolute Gasteiger partial charge is 0.00723 e. The van der Waals surface area contributed by atoms with Crippen LogP contribution < -0.4 is 5.73 Å². The topological polar surface area (TPSA) is 26.0 Å². The molecule has 2 N–H and O–H groups in total. The summed E-state index contributed by atoms with van der Waals surface area (Å²) in [5.41, 5.74) is 6.05. The quantitative estimate of drug-likeness (QED) is 0.663. The first kappa shape index (κ1) is 9.05. The van der Waals surface area contributed by atoms with E-state index in [0.29, 0.717) is 6.04 Å². The Balaban J connectivity index is 2.17. The van der Waals surface area contributed by atoms with Crippen LogP contribution in [0.15, 0.2) is 0 Å². The van der Waals surface area contributed by atoms with Crippen molar-refractivity contribution in [3.05, 3.63) is 0 Å². The summed E-state index contributed by atoms with van der Waals surface area (Å²) in [7, 11) is 0. The largest absolute Gasteiger partial charge is 0.327 e. The molecule has 0 spiro atoms. The van der Waals surface area contributed by atoms with Crippen molar-refractivity contribution in [3.8, 4) is 0 Å². The maximum Gasteiger partial charge on any atom is 0.00723 e. The van der Waals surface area contributed by atoms with Gasteiger partial charge in [-0.25, -0.2) is 0 Å². The van der Waals surface area contributed by atoms with Crippen molar-refractivity contribution >= 4 is 0 Å². The summed E-state index contributed by atoms with van der Waals surface area (Å²) in [5, 5.41) is 0. The fourth-order valence-electron chi connectivity index (χ4n) is 1.98. The minimum atomic E-state index is 0.486. The van der Waals surface area contributed by atoms with E-state index in [2.05, 4.69) is 20.8 Å². The van der Waals surface area contributed by atoms with Gasteiger partial charge in [-0.2, -0.15) is 0 Å². The lowest BCUT2D eigenvalue weighted by Gasteiger charge is -2.13. The highest BCUT2D eigenvalue weighted by molar-refractivity contribution is 4.92. The standard InChI is InChI=1S/C10H21N/c1-4-8-6-9(8)10(11)5-7(2)3/h7-10H,4-6,11H2,1-3H3. The molecule has 1 rings (SSSR count).